The molecular formula is C19H26ClNO4. The fourth-order valence-electron chi connectivity index (χ4n) is 4.77. The molecule has 4 unspecified atom stereocenters. The van der Waals surface area contributed by atoms with Gasteiger partial charge in [0, 0.05) is 23.7 Å². The van der Waals surface area contributed by atoms with Crippen LogP contribution in [0.2, 0.25) is 5.02 Å². The highest BCUT2D eigenvalue weighted by atomic mass is 35.5. The Morgan fingerprint density at radius 3 is 2.64 bits per heavy atom. The van der Waals surface area contributed by atoms with Gasteiger partial charge in [-0.25, -0.2) is 4.79 Å². The van der Waals surface area contributed by atoms with Crippen molar-refractivity contribution in [1.82, 2.24) is 4.90 Å². The van der Waals surface area contributed by atoms with Gasteiger partial charge in [0.15, 0.2) is 5.72 Å². The first-order valence-corrected chi connectivity index (χ1v) is 9.31. The third-order valence-corrected chi connectivity index (χ3v) is 6.15. The molecule has 138 valence electrons. The lowest BCUT2D eigenvalue weighted by Gasteiger charge is -2.47. The molecule has 0 aromatic heterocycles. The molecule has 2 aliphatic rings. The first-order valence-electron chi connectivity index (χ1n) is 8.93. The molecule has 25 heavy (non-hydrogen) atoms. The van der Waals surface area contributed by atoms with Gasteiger partial charge in [-0.1, -0.05) is 43.1 Å². The minimum atomic E-state index is -1.14. The van der Waals surface area contributed by atoms with E-state index in [1.807, 2.05) is 25.1 Å². The molecule has 2 bridgehead atoms. The van der Waals surface area contributed by atoms with Crippen molar-refractivity contribution in [2.75, 3.05) is 13.9 Å². The monoisotopic (exact) mass is 367 g/mol. The van der Waals surface area contributed by atoms with Gasteiger partial charge in [-0.05, 0) is 43.6 Å². The average Bonchev–Trinajstić information content (AvgIpc) is 3.22. The molecule has 2 saturated carbocycles. The molecule has 3 rings (SSSR count). The van der Waals surface area contributed by atoms with Crippen LogP contribution in [0.3, 0.4) is 0 Å². The molecule has 0 aliphatic heterocycles. The Balaban J connectivity index is 2.07. The van der Waals surface area contributed by atoms with Gasteiger partial charge in [-0.3, -0.25) is 4.90 Å². The fraction of sp³-hybridized carbons (Fsp3) is 0.632. The highest BCUT2D eigenvalue weighted by molar-refractivity contribution is 6.31. The number of halogens is 1. The van der Waals surface area contributed by atoms with E-state index in [4.69, 9.17) is 21.1 Å². The first-order chi connectivity index (χ1) is 12.0. The van der Waals surface area contributed by atoms with E-state index in [-0.39, 0.29) is 12.8 Å². The molecular weight excluding hydrogens is 342 g/mol. The Hall–Kier alpha value is -1.30. The van der Waals surface area contributed by atoms with E-state index in [2.05, 4.69) is 0 Å². The van der Waals surface area contributed by atoms with Crippen molar-refractivity contribution in [3.8, 4) is 0 Å². The molecule has 1 aromatic rings. The van der Waals surface area contributed by atoms with E-state index in [0.717, 1.165) is 19.3 Å². The van der Waals surface area contributed by atoms with E-state index >= 15 is 0 Å². The maximum absolute atomic E-state index is 12.4. The van der Waals surface area contributed by atoms with Crippen LogP contribution in [0, 0.1) is 11.8 Å². The third kappa shape index (κ3) is 3.25. The van der Waals surface area contributed by atoms with Crippen LogP contribution >= 0.6 is 11.6 Å². The Kier molecular flexibility index (Phi) is 5.56. The summed E-state index contributed by atoms with van der Waals surface area (Å²) in [6, 6.07) is 7.29. The van der Waals surface area contributed by atoms with Gasteiger partial charge in [-0.15, -0.1) is 0 Å². The Bertz CT molecular complexity index is 625. The number of ether oxygens (including phenoxy) is 2. The van der Waals surface area contributed by atoms with Crippen LogP contribution in [0.15, 0.2) is 24.3 Å². The van der Waals surface area contributed by atoms with E-state index in [9.17, 15) is 9.90 Å². The standard InChI is InChI=1S/C19H26ClNO4/c1-3-19(25-12-24-2,15-6-4-5-7-16(15)20)21(18(22)23)17-11-13-8-9-14(17)10-13/h4-7,13-14,17H,3,8-12H2,1-2H3,(H,22,23). The van der Waals surface area contributed by atoms with Crippen molar-refractivity contribution in [3.05, 3.63) is 34.9 Å². The fourth-order valence-corrected chi connectivity index (χ4v) is 5.05. The molecule has 2 aliphatic carbocycles. The zero-order valence-corrected chi connectivity index (χ0v) is 15.5. The summed E-state index contributed by atoms with van der Waals surface area (Å²) in [4.78, 5) is 13.9. The van der Waals surface area contributed by atoms with Crippen LogP contribution in [0.25, 0.3) is 0 Å². The normalized spacial score (nSPS) is 27.2. The molecule has 1 N–H and O–H groups in total. The van der Waals surface area contributed by atoms with Gasteiger partial charge < -0.3 is 14.6 Å². The summed E-state index contributed by atoms with van der Waals surface area (Å²) in [5.41, 5.74) is -0.462. The average molecular weight is 368 g/mol. The second-order valence-corrected chi connectivity index (χ2v) is 7.47. The van der Waals surface area contributed by atoms with Crippen LogP contribution in [-0.2, 0) is 15.2 Å². The SMILES string of the molecule is CCC(OCOC)(c1ccccc1Cl)N(C(=O)O)C1CC2CCC1C2. The van der Waals surface area contributed by atoms with Crippen molar-refractivity contribution in [2.24, 2.45) is 11.8 Å². The number of nitrogens with zero attached hydrogens (tertiary/aromatic N) is 1. The highest BCUT2D eigenvalue weighted by Gasteiger charge is 2.52. The summed E-state index contributed by atoms with van der Waals surface area (Å²) in [5, 5.41) is 10.7. The Morgan fingerprint density at radius 2 is 2.12 bits per heavy atom. The van der Waals surface area contributed by atoms with Gasteiger partial charge in [-0.2, -0.15) is 0 Å². The molecule has 0 radical (unpaired) electrons. The van der Waals surface area contributed by atoms with Gasteiger partial charge in [0.05, 0.1) is 0 Å². The predicted octanol–water partition coefficient (Wildman–Crippen LogP) is 4.69. The number of methoxy groups -OCH3 is 1. The smallest absolute Gasteiger partial charge is 0.410 e. The van der Waals surface area contributed by atoms with Gasteiger partial charge in [0.25, 0.3) is 0 Å². The zero-order chi connectivity index (χ0) is 18.0. The molecule has 2 fully saturated rings. The first kappa shape index (κ1) is 18.5. The van der Waals surface area contributed by atoms with E-state index in [0.29, 0.717) is 28.8 Å². The summed E-state index contributed by atoms with van der Waals surface area (Å²) in [5.74, 6) is 1.03. The number of rotatable bonds is 7. The summed E-state index contributed by atoms with van der Waals surface area (Å²) in [6.07, 6.45) is 3.81. The molecule has 1 amide bonds. The second-order valence-electron chi connectivity index (χ2n) is 7.06. The summed E-state index contributed by atoms with van der Waals surface area (Å²) >= 11 is 6.46. The van der Waals surface area contributed by atoms with Crippen LogP contribution < -0.4 is 0 Å². The maximum Gasteiger partial charge on any atom is 0.410 e. The summed E-state index contributed by atoms with van der Waals surface area (Å²) < 4.78 is 11.2. The van der Waals surface area contributed by atoms with Gasteiger partial charge in [0.2, 0.25) is 0 Å². The number of carbonyl (C=O) groups is 1. The molecule has 1 aromatic carbocycles. The second kappa shape index (κ2) is 7.52. The van der Waals surface area contributed by atoms with Crippen molar-refractivity contribution in [3.63, 3.8) is 0 Å². The van der Waals surface area contributed by atoms with Crippen LogP contribution in [0.1, 0.15) is 44.6 Å². The van der Waals surface area contributed by atoms with Crippen LogP contribution in [0.5, 0.6) is 0 Å². The number of fused-ring (bicyclic) bond motifs is 2. The minimum absolute atomic E-state index is 0.00363. The lowest BCUT2D eigenvalue weighted by Crippen LogP contribution is -2.57. The van der Waals surface area contributed by atoms with Crippen molar-refractivity contribution in [1.29, 1.82) is 0 Å². The minimum Gasteiger partial charge on any atom is -0.465 e. The van der Waals surface area contributed by atoms with Crippen molar-refractivity contribution in [2.45, 2.75) is 50.8 Å². The number of benzene rings is 1. The lowest BCUT2D eigenvalue weighted by molar-refractivity contribution is -0.215. The summed E-state index contributed by atoms with van der Waals surface area (Å²) in [6.45, 7) is 1.94. The van der Waals surface area contributed by atoms with Gasteiger partial charge >= 0.3 is 6.09 Å². The number of hydrogen-bond acceptors (Lipinski definition) is 3. The molecule has 6 heteroatoms. The van der Waals surface area contributed by atoms with Gasteiger partial charge in [0.1, 0.15) is 6.79 Å². The number of amides is 1. The zero-order valence-electron chi connectivity index (χ0n) is 14.8. The maximum atomic E-state index is 12.4. The molecule has 0 heterocycles. The van der Waals surface area contributed by atoms with E-state index in [1.165, 1.54) is 18.4 Å². The van der Waals surface area contributed by atoms with Crippen LogP contribution in [0.4, 0.5) is 4.79 Å². The highest BCUT2D eigenvalue weighted by Crippen LogP contribution is 2.50. The van der Waals surface area contributed by atoms with E-state index in [1.54, 1.807) is 6.07 Å². The molecule has 5 nitrogen and oxygen atoms in total. The van der Waals surface area contributed by atoms with Crippen LogP contribution in [-0.4, -0.2) is 36.0 Å². The lowest BCUT2D eigenvalue weighted by atomic mass is 9.89. The van der Waals surface area contributed by atoms with Crippen molar-refractivity contribution < 1.29 is 19.4 Å². The third-order valence-electron chi connectivity index (χ3n) is 5.82. The molecule has 0 saturated heterocycles. The number of hydrogen-bond donors (Lipinski definition) is 1. The quantitative estimate of drug-likeness (QED) is 0.710. The molecule has 0 spiro atoms. The van der Waals surface area contributed by atoms with E-state index < -0.39 is 11.8 Å². The Morgan fingerprint density at radius 1 is 1.36 bits per heavy atom. The summed E-state index contributed by atoms with van der Waals surface area (Å²) in [7, 11) is 1.54. The largest absolute Gasteiger partial charge is 0.465 e. The topological polar surface area (TPSA) is 59.0 Å². The number of carboxylic acid groups (broad SMARTS) is 1. The Labute approximate surface area is 153 Å². The van der Waals surface area contributed by atoms with Crippen molar-refractivity contribution >= 4 is 17.7 Å². The predicted molar refractivity (Wildman–Crippen MR) is 95.5 cm³/mol. The molecule has 4 atom stereocenters.